The van der Waals surface area contributed by atoms with E-state index >= 15 is 0 Å². The van der Waals surface area contributed by atoms with E-state index in [1.807, 2.05) is 16.5 Å². The molecule has 5 nitrogen and oxygen atoms in total. The number of aryl methyl sites for hydroxylation is 1. The van der Waals surface area contributed by atoms with E-state index in [0.29, 0.717) is 16.7 Å². The Morgan fingerprint density at radius 1 is 1.27 bits per heavy atom. The summed E-state index contributed by atoms with van der Waals surface area (Å²) in [4.78, 5) is 14.7. The lowest BCUT2D eigenvalue weighted by molar-refractivity contribution is -0.133. The molecule has 1 N–H and O–H groups in total. The fourth-order valence-corrected chi connectivity index (χ4v) is 4.12. The first-order chi connectivity index (χ1) is 12.6. The molecule has 1 amide bonds. The van der Waals surface area contributed by atoms with Crippen LogP contribution < -0.4 is 0 Å². The van der Waals surface area contributed by atoms with Gasteiger partial charge in [0.25, 0.3) is 0 Å². The Morgan fingerprint density at radius 2 is 1.96 bits per heavy atom. The molecule has 1 fully saturated rings. The molecule has 1 heterocycles. The Kier molecular flexibility index (Phi) is 6.25. The predicted molar refractivity (Wildman–Crippen MR) is 106 cm³/mol. The van der Waals surface area contributed by atoms with Crippen molar-refractivity contribution in [3.8, 4) is 0 Å². The number of likely N-dealkylation sites (N-methyl/N-ethyl adjacent to an activating group) is 1. The Labute approximate surface area is 160 Å². The molecule has 2 aromatic rings. The first-order valence-corrected chi connectivity index (χ1v) is 9.95. The summed E-state index contributed by atoms with van der Waals surface area (Å²) < 4.78 is 2.37. The molecule has 0 radical (unpaired) electrons. The first kappa shape index (κ1) is 18.8. The number of aromatic amines is 1. The van der Waals surface area contributed by atoms with Crippen LogP contribution in [-0.4, -0.2) is 38.7 Å². The number of rotatable bonds is 6. The van der Waals surface area contributed by atoms with Gasteiger partial charge < -0.3 is 4.90 Å². The number of carbonyl (C=O) groups is 1. The average Bonchev–Trinajstić information content (AvgIpc) is 3.02. The minimum absolute atomic E-state index is 0.114. The first-order valence-electron chi connectivity index (χ1n) is 9.54. The second-order valence-corrected chi connectivity index (χ2v) is 7.59. The van der Waals surface area contributed by atoms with Crippen molar-refractivity contribution in [3.05, 3.63) is 46.5 Å². The van der Waals surface area contributed by atoms with Crippen molar-refractivity contribution in [2.75, 3.05) is 7.05 Å². The molecule has 3 rings (SSSR count). The third-order valence-electron chi connectivity index (χ3n) is 5.51. The van der Waals surface area contributed by atoms with Gasteiger partial charge in [-0.2, -0.15) is 5.10 Å². The number of amides is 1. The van der Waals surface area contributed by atoms with Crippen LogP contribution >= 0.6 is 12.2 Å². The van der Waals surface area contributed by atoms with E-state index in [4.69, 9.17) is 12.2 Å². The van der Waals surface area contributed by atoms with Gasteiger partial charge in [0.05, 0.1) is 0 Å². The van der Waals surface area contributed by atoms with E-state index in [1.54, 1.807) is 0 Å². The quantitative estimate of drug-likeness (QED) is 0.778. The number of hydrogen-bond donors (Lipinski definition) is 1. The van der Waals surface area contributed by atoms with Crippen LogP contribution in [-0.2, 0) is 17.8 Å². The smallest absolute Gasteiger partial charge is 0.242 e. The predicted octanol–water partition coefficient (Wildman–Crippen LogP) is 4.08. The molecule has 1 saturated carbocycles. The summed E-state index contributed by atoms with van der Waals surface area (Å²) in [5.41, 5.74) is 1.42. The second kappa shape index (κ2) is 8.62. The molecule has 6 heteroatoms. The lowest BCUT2D eigenvalue weighted by atomic mass is 9.81. The Morgan fingerprint density at radius 3 is 2.62 bits per heavy atom. The fourth-order valence-electron chi connectivity index (χ4n) is 3.90. The summed E-state index contributed by atoms with van der Waals surface area (Å²) in [5.74, 6) is 1.60. The molecule has 1 aliphatic carbocycles. The number of H-pyrrole nitrogens is 1. The van der Waals surface area contributed by atoms with Gasteiger partial charge in [-0.15, -0.1) is 0 Å². The van der Waals surface area contributed by atoms with Gasteiger partial charge in [-0.1, -0.05) is 37.3 Å². The third kappa shape index (κ3) is 4.23. The van der Waals surface area contributed by atoms with Crippen molar-refractivity contribution < 1.29 is 4.79 Å². The molecule has 140 valence electrons. The lowest BCUT2D eigenvalue weighted by Crippen LogP contribution is -2.41. The van der Waals surface area contributed by atoms with E-state index in [-0.39, 0.29) is 12.5 Å². The number of benzene rings is 1. The molecule has 26 heavy (non-hydrogen) atoms. The van der Waals surface area contributed by atoms with Gasteiger partial charge in [0, 0.05) is 19.5 Å². The van der Waals surface area contributed by atoms with Gasteiger partial charge in [-0.3, -0.25) is 14.5 Å². The maximum Gasteiger partial charge on any atom is 0.242 e. The highest BCUT2D eigenvalue weighted by Crippen LogP contribution is 2.34. The van der Waals surface area contributed by atoms with Crippen LogP contribution in [0.3, 0.4) is 0 Å². The third-order valence-corrected chi connectivity index (χ3v) is 5.82. The van der Waals surface area contributed by atoms with Crippen molar-refractivity contribution in [1.82, 2.24) is 19.7 Å². The van der Waals surface area contributed by atoms with Gasteiger partial charge >= 0.3 is 0 Å². The molecule has 1 aromatic carbocycles. The highest BCUT2D eigenvalue weighted by atomic mass is 32.1. The summed E-state index contributed by atoms with van der Waals surface area (Å²) in [7, 11) is 1.93. The molecule has 0 bridgehead atoms. The summed E-state index contributed by atoms with van der Waals surface area (Å²) in [6.45, 7) is 2.38. The Hall–Kier alpha value is -1.95. The summed E-state index contributed by atoms with van der Waals surface area (Å²) in [5, 5.41) is 7.06. The van der Waals surface area contributed by atoms with Crippen molar-refractivity contribution in [2.45, 2.75) is 64.0 Å². The van der Waals surface area contributed by atoms with Crippen LogP contribution in [0.15, 0.2) is 30.3 Å². The minimum Gasteiger partial charge on any atom is -0.341 e. The van der Waals surface area contributed by atoms with Gasteiger partial charge in [-0.05, 0) is 55.8 Å². The zero-order valence-corrected chi connectivity index (χ0v) is 16.5. The molecule has 1 aliphatic rings. The standard InChI is InChI=1S/C20H28N4OS/c1-3-7-18-21-22-20(26)24(18)14-19(25)23(2)17-12-10-16(11-13-17)15-8-5-4-6-9-15/h4-6,8-9,16-17H,3,7,10-14H2,1-2H3,(H,22,26). The lowest BCUT2D eigenvalue weighted by Gasteiger charge is -2.35. The topological polar surface area (TPSA) is 53.9 Å². The van der Waals surface area contributed by atoms with Crippen LogP contribution in [0.25, 0.3) is 0 Å². The van der Waals surface area contributed by atoms with Gasteiger partial charge in [0.2, 0.25) is 5.91 Å². The molecule has 0 atom stereocenters. The number of aromatic nitrogens is 3. The maximum atomic E-state index is 12.8. The fraction of sp³-hybridized carbons (Fsp3) is 0.550. The molecular weight excluding hydrogens is 344 g/mol. The van der Waals surface area contributed by atoms with Crippen molar-refractivity contribution in [1.29, 1.82) is 0 Å². The van der Waals surface area contributed by atoms with Gasteiger partial charge in [0.1, 0.15) is 12.4 Å². The van der Waals surface area contributed by atoms with E-state index in [0.717, 1.165) is 44.3 Å². The normalized spacial score (nSPS) is 20.1. The highest BCUT2D eigenvalue weighted by Gasteiger charge is 2.27. The van der Waals surface area contributed by atoms with Crippen LogP contribution in [0.2, 0.25) is 0 Å². The summed E-state index contributed by atoms with van der Waals surface area (Å²) in [6, 6.07) is 11.0. The van der Waals surface area contributed by atoms with Gasteiger partial charge in [0.15, 0.2) is 4.77 Å². The van der Waals surface area contributed by atoms with Crippen molar-refractivity contribution in [2.24, 2.45) is 0 Å². The van der Waals surface area contributed by atoms with Crippen LogP contribution in [0, 0.1) is 4.77 Å². The van der Waals surface area contributed by atoms with Crippen LogP contribution in [0.1, 0.15) is 56.3 Å². The monoisotopic (exact) mass is 372 g/mol. The number of hydrogen-bond acceptors (Lipinski definition) is 3. The van der Waals surface area contributed by atoms with Crippen molar-refractivity contribution in [3.63, 3.8) is 0 Å². The highest BCUT2D eigenvalue weighted by molar-refractivity contribution is 7.71. The van der Waals surface area contributed by atoms with Crippen molar-refractivity contribution >= 4 is 18.1 Å². The Bertz CT molecular complexity index is 775. The maximum absolute atomic E-state index is 12.8. The zero-order chi connectivity index (χ0) is 18.5. The molecule has 0 spiro atoms. The van der Waals surface area contributed by atoms with E-state index in [9.17, 15) is 4.79 Å². The van der Waals surface area contributed by atoms with Crippen LogP contribution in [0.5, 0.6) is 0 Å². The number of nitrogens with one attached hydrogen (secondary N) is 1. The van der Waals surface area contributed by atoms with Crippen LogP contribution in [0.4, 0.5) is 0 Å². The zero-order valence-electron chi connectivity index (χ0n) is 15.6. The largest absolute Gasteiger partial charge is 0.341 e. The summed E-state index contributed by atoms with van der Waals surface area (Å²) >= 11 is 5.29. The molecule has 1 aromatic heterocycles. The number of nitrogens with zero attached hydrogens (tertiary/aromatic N) is 3. The Balaban J connectivity index is 1.58. The van der Waals surface area contributed by atoms with Gasteiger partial charge in [-0.25, -0.2) is 0 Å². The summed E-state index contributed by atoms with van der Waals surface area (Å²) in [6.07, 6.45) is 6.19. The van der Waals surface area contributed by atoms with E-state index < -0.39 is 0 Å². The minimum atomic E-state index is 0.114. The average molecular weight is 373 g/mol. The second-order valence-electron chi connectivity index (χ2n) is 7.20. The van der Waals surface area contributed by atoms with E-state index in [2.05, 4.69) is 47.5 Å². The molecule has 0 saturated heterocycles. The molecule has 0 unspecified atom stereocenters. The molecule has 0 aliphatic heterocycles. The SMILES string of the molecule is CCCc1n[nH]c(=S)n1CC(=O)N(C)C1CCC(c2ccccc2)CC1. The molecular formula is C20H28N4OS. The van der Waals surface area contributed by atoms with E-state index in [1.165, 1.54) is 5.56 Å². The number of carbonyl (C=O) groups excluding carboxylic acids is 1.